The Hall–Kier alpha value is -2.71. The molecule has 1 atom stereocenters. The third-order valence-corrected chi connectivity index (χ3v) is 5.08. The van der Waals surface area contributed by atoms with Gasteiger partial charge in [0.25, 0.3) is 0 Å². The van der Waals surface area contributed by atoms with Crippen LogP contribution < -0.4 is 10.0 Å². The monoisotopic (exact) mass is 390 g/mol. The highest BCUT2D eigenvalue weighted by Crippen LogP contribution is 2.07. The largest absolute Gasteiger partial charge is 0.464 e. The van der Waals surface area contributed by atoms with Crippen molar-refractivity contribution in [2.75, 3.05) is 13.2 Å². The minimum absolute atomic E-state index is 0.0593. The maximum atomic E-state index is 12.2. The lowest BCUT2D eigenvalue weighted by Crippen LogP contribution is -2.47. The second kappa shape index (κ2) is 9.84. The highest BCUT2D eigenvalue weighted by molar-refractivity contribution is 7.89. The lowest BCUT2D eigenvalue weighted by molar-refractivity contribution is -0.147. The second-order valence-corrected chi connectivity index (χ2v) is 7.47. The number of hydrogen-bond acceptors (Lipinski definition) is 5. The van der Waals surface area contributed by atoms with Crippen LogP contribution in [0.4, 0.5) is 0 Å². The number of ether oxygens (including phenoxy) is 1. The first-order valence-corrected chi connectivity index (χ1v) is 9.95. The molecule has 0 aliphatic heterocycles. The fourth-order valence-electron chi connectivity index (χ4n) is 2.37. The summed E-state index contributed by atoms with van der Waals surface area (Å²) < 4.78 is 31.6. The summed E-state index contributed by atoms with van der Waals surface area (Å²) in [6, 6.07) is 16.0. The van der Waals surface area contributed by atoms with Gasteiger partial charge in [0.15, 0.2) is 0 Å². The van der Waals surface area contributed by atoms with E-state index in [4.69, 9.17) is 4.74 Å². The number of carbonyl (C=O) groups excluding carboxylic acids is 2. The van der Waals surface area contributed by atoms with Crippen LogP contribution in [0, 0.1) is 0 Å². The zero-order chi connectivity index (χ0) is 19.7. The highest BCUT2D eigenvalue weighted by atomic mass is 32.2. The van der Waals surface area contributed by atoms with E-state index >= 15 is 0 Å². The molecule has 0 radical (unpaired) electrons. The van der Waals surface area contributed by atoms with Gasteiger partial charge in [0, 0.05) is 6.42 Å². The summed E-state index contributed by atoms with van der Waals surface area (Å²) >= 11 is 0. The molecule has 0 fully saturated rings. The van der Waals surface area contributed by atoms with Gasteiger partial charge >= 0.3 is 5.97 Å². The molecule has 2 rings (SSSR count). The molecule has 0 aliphatic rings. The Morgan fingerprint density at radius 1 is 1.00 bits per heavy atom. The number of amides is 1. The quantitative estimate of drug-likeness (QED) is 0.628. The van der Waals surface area contributed by atoms with Crippen LogP contribution in [0.5, 0.6) is 0 Å². The number of benzene rings is 2. The van der Waals surface area contributed by atoms with Crippen molar-refractivity contribution < 1.29 is 22.7 Å². The van der Waals surface area contributed by atoms with Gasteiger partial charge in [-0.25, -0.2) is 17.9 Å². The van der Waals surface area contributed by atoms with Crippen molar-refractivity contribution in [3.05, 3.63) is 66.2 Å². The molecule has 8 heteroatoms. The van der Waals surface area contributed by atoms with Crippen LogP contribution >= 0.6 is 0 Å². The molecular formula is C19H22N2O5S. The van der Waals surface area contributed by atoms with Gasteiger partial charge in [0.05, 0.1) is 18.0 Å². The lowest BCUT2D eigenvalue weighted by Gasteiger charge is -2.17. The molecule has 0 saturated heterocycles. The number of esters is 1. The maximum absolute atomic E-state index is 12.2. The van der Waals surface area contributed by atoms with Gasteiger partial charge in [-0.3, -0.25) is 4.79 Å². The first kappa shape index (κ1) is 20.6. The molecule has 2 aromatic rings. The van der Waals surface area contributed by atoms with Gasteiger partial charge in [-0.1, -0.05) is 48.5 Å². The molecule has 1 amide bonds. The van der Waals surface area contributed by atoms with E-state index in [-0.39, 0.29) is 17.9 Å². The number of hydrogen-bond donors (Lipinski definition) is 2. The zero-order valence-electron chi connectivity index (χ0n) is 14.9. The average molecular weight is 390 g/mol. The second-order valence-electron chi connectivity index (χ2n) is 5.70. The Morgan fingerprint density at radius 3 is 2.19 bits per heavy atom. The fourth-order valence-corrected chi connectivity index (χ4v) is 3.38. The summed E-state index contributed by atoms with van der Waals surface area (Å²) in [7, 11) is -3.81. The zero-order valence-corrected chi connectivity index (χ0v) is 15.7. The van der Waals surface area contributed by atoms with Crippen molar-refractivity contribution in [1.29, 1.82) is 0 Å². The van der Waals surface area contributed by atoms with Crippen LogP contribution in [0.25, 0.3) is 0 Å². The van der Waals surface area contributed by atoms with Crippen molar-refractivity contribution in [3.8, 4) is 0 Å². The molecule has 0 aromatic heterocycles. The van der Waals surface area contributed by atoms with Crippen molar-refractivity contribution in [2.45, 2.75) is 24.3 Å². The van der Waals surface area contributed by atoms with Gasteiger partial charge in [-0.2, -0.15) is 0 Å². The molecular weight excluding hydrogens is 368 g/mol. The molecule has 27 heavy (non-hydrogen) atoms. The van der Waals surface area contributed by atoms with E-state index in [9.17, 15) is 18.0 Å². The van der Waals surface area contributed by atoms with E-state index in [2.05, 4.69) is 10.0 Å². The van der Waals surface area contributed by atoms with Gasteiger partial charge in [0.1, 0.15) is 6.04 Å². The van der Waals surface area contributed by atoms with Crippen LogP contribution in [-0.2, 0) is 30.8 Å². The van der Waals surface area contributed by atoms with Crippen LogP contribution in [0.2, 0.25) is 0 Å². The first-order chi connectivity index (χ1) is 12.9. The van der Waals surface area contributed by atoms with Gasteiger partial charge in [-0.15, -0.1) is 0 Å². The Labute approximate surface area is 158 Å². The van der Waals surface area contributed by atoms with Crippen molar-refractivity contribution in [2.24, 2.45) is 0 Å². The summed E-state index contributed by atoms with van der Waals surface area (Å²) in [5, 5.41) is 2.53. The maximum Gasteiger partial charge on any atom is 0.328 e. The topological polar surface area (TPSA) is 102 Å². The molecule has 0 bridgehead atoms. The van der Waals surface area contributed by atoms with E-state index in [0.717, 1.165) is 5.56 Å². The molecule has 2 aromatic carbocycles. The van der Waals surface area contributed by atoms with Crippen LogP contribution in [0.15, 0.2) is 65.6 Å². The summed E-state index contributed by atoms with van der Waals surface area (Å²) in [6.07, 6.45) is 0.247. The lowest BCUT2D eigenvalue weighted by atomic mass is 10.1. The summed E-state index contributed by atoms with van der Waals surface area (Å²) in [5.74, 6) is -1.19. The predicted octanol–water partition coefficient (Wildman–Crippen LogP) is 1.26. The first-order valence-electron chi connectivity index (χ1n) is 8.47. The van der Waals surface area contributed by atoms with E-state index in [1.165, 1.54) is 12.1 Å². The van der Waals surface area contributed by atoms with Gasteiger partial charge in [-0.05, 0) is 24.6 Å². The smallest absolute Gasteiger partial charge is 0.328 e. The van der Waals surface area contributed by atoms with E-state index in [1.54, 1.807) is 25.1 Å². The molecule has 0 heterocycles. The predicted molar refractivity (Wildman–Crippen MR) is 100 cm³/mol. The Kier molecular flexibility index (Phi) is 7.51. The number of rotatable bonds is 9. The fraction of sp³-hybridized carbons (Fsp3) is 0.263. The molecule has 144 valence electrons. The number of nitrogens with one attached hydrogen (secondary N) is 2. The third kappa shape index (κ3) is 6.50. The van der Waals surface area contributed by atoms with E-state index < -0.39 is 34.5 Å². The normalized spacial score (nSPS) is 12.2. The SMILES string of the molecule is CCOC(=O)C(Cc1ccccc1)NC(=O)CNS(=O)(=O)c1ccccc1. The summed E-state index contributed by atoms with van der Waals surface area (Å²) in [6.45, 7) is 1.37. The van der Waals surface area contributed by atoms with E-state index in [1.807, 2.05) is 30.3 Å². The number of sulfonamides is 1. The van der Waals surface area contributed by atoms with Gasteiger partial charge < -0.3 is 10.1 Å². The molecule has 0 saturated carbocycles. The molecule has 7 nitrogen and oxygen atoms in total. The average Bonchev–Trinajstić information content (AvgIpc) is 2.68. The van der Waals surface area contributed by atoms with Crippen molar-refractivity contribution in [1.82, 2.24) is 10.0 Å². The van der Waals surface area contributed by atoms with Crippen molar-refractivity contribution in [3.63, 3.8) is 0 Å². The standard InChI is InChI=1S/C19H22N2O5S/c1-2-26-19(23)17(13-15-9-5-3-6-10-15)21-18(22)14-20-27(24,25)16-11-7-4-8-12-16/h3-12,17,20H,2,13-14H2,1H3,(H,21,22). The summed E-state index contributed by atoms with van der Waals surface area (Å²) in [5.41, 5.74) is 0.848. The third-order valence-electron chi connectivity index (χ3n) is 3.67. The highest BCUT2D eigenvalue weighted by Gasteiger charge is 2.23. The van der Waals surface area contributed by atoms with Gasteiger partial charge in [0.2, 0.25) is 15.9 Å². The minimum atomic E-state index is -3.81. The van der Waals surface area contributed by atoms with Crippen molar-refractivity contribution >= 4 is 21.9 Å². The Balaban J connectivity index is 1.99. The molecule has 0 aliphatic carbocycles. The Morgan fingerprint density at radius 2 is 1.59 bits per heavy atom. The molecule has 1 unspecified atom stereocenters. The Bertz CT molecular complexity index is 854. The van der Waals surface area contributed by atoms with Crippen LogP contribution in [0.3, 0.4) is 0 Å². The minimum Gasteiger partial charge on any atom is -0.464 e. The number of carbonyl (C=O) groups is 2. The van der Waals surface area contributed by atoms with Crippen LogP contribution in [-0.4, -0.2) is 39.5 Å². The van der Waals surface area contributed by atoms with E-state index in [0.29, 0.717) is 0 Å². The molecule has 2 N–H and O–H groups in total. The summed E-state index contributed by atoms with van der Waals surface area (Å²) in [4.78, 5) is 24.4. The van der Waals surface area contributed by atoms with Crippen LogP contribution in [0.1, 0.15) is 12.5 Å². The molecule has 0 spiro atoms.